The van der Waals surface area contributed by atoms with Crippen LogP contribution in [0, 0.1) is 5.82 Å². The molecule has 1 N–H and O–H groups in total. The smallest absolute Gasteiger partial charge is 0.326 e. The number of aryl methyl sites for hydroxylation is 1. The third-order valence-corrected chi connectivity index (χ3v) is 3.34. The Morgan fingerprint density at radius 1 is 1.32 bits per heavy atom. The van der Waals surface area contributed by atoms with E-state index in [0.29, 0.717) is 23.6 Å². The third-order valence-electron chi connectivity index (χ3n) is 3.34. The fourth-order valence-corrected chi connectivity index (χ4v) is 2.43. The van der Waals surface area contributed by atoms with Crippen LogP contribution < -0.4 is 0 Å². The number of benzene rings is 1. The van der Waals surface area contributed by atoms with Gasteiger partial charge in [-0.2, -0.15) is 0 Å². The number of carboxylic acids is 1. The lowest BCUT2D eigenvalue weighted by atomic mass is 10.0. The maximum atomic E-state index is 12.9. The molecule has 3 rings (SSSR count). The Hall–Kier alpha value is -2.24. The van der Waals surface area contributed by atoms with E-state index >= 15 is 0 Å². The molecule has 1 aliphatic heterocycles. The zero-order valence-electron chi connectivity index (χ0n) is 10.1. The molecular formula is C13H12FN3O2. The van der Waals surface area contributed by atoms with Gasteiger partial charge in [0.25, 0.3) is 0 Å². The maximum Gasteiger partial charge on any atom is 0.326 e. The summed E-state index contributed by atoms with van der Waals surface area (Å²) in [6.45, 7) is 0. The number of hydrogen-bond acceptors (Lipinski definition) is 3. The van der Waals surface area contributed by atoms with Crippen molar-refractivity contribution in [1.82, 2.24) is 14.8 Å². The molecule has 2 heterocycles. The third kappa shape index (κ3) is 1.99. The molecule has 5 nitrogen and oxygen atoms in total. The van der Waals surface area contributed by atoms with Crippen LogP contribution in [-0.4, -0.2) is 25.8 Å². The summed E-state index contributed by atoms with van der Waals surface area (Å²) in [5, 5.41) is 17.4. The van der Waals surface area contributed by atoms with Crippen LogP contribution >= 0.6 is 0 Å². The number of carboxylic acid groups (broad SMARTS) is 1. The van der Waals surface area contributed by atoms with Gasteiger partial charge in [0.2, 0.25) is 0 Å². The predicted molar refractivity (Wildman–Crippen MR) is 65.0 cm³/mol. The fraction of sp³-hybridized carbons (Fsp3) is 0.308. The molecule has 0 saturated heterocycles. The molecule has 0 aliphatic carbocycles. The van der Waals surface area contributed by atoms with Crippen molar-refractivity contribution in [3.05, 3.63) is 35.9 Å². The summed E-state index contributed by atoms with van der Waals surface area (Å²) in [7, 11) is 0. The molecule has 0 saturated carbocycles. The van der Waals surface area contributed by atoms with E-state index in [-0.39, 0.29) is 5.82 Å². The van der Waals surface area contributed by atoms with Crippen LogP contribution in [0.5, 0.6) is 0 Å². The molecule has 0 bridgehead atoms. The zero-order chi connectivity index (χ0) is 13.4. The highest BCUT2D eigenvalue weighted by Crippen LogP contribution is 2.30. The molecule has 2 aromatic rings. The normalized spacial score (nSPS) is 18.1. The van der Waals surface area contributed by atoms with E-state index in [1.807, 2.05) is 0 Å². The summed E-state index contributed by atoms with van der Waals surface area (Å²) in [5.74, 6) is -0.0545. The molecule has 6 heteroatoms. The highest BCUT2D eigenvalue weighted by Gasteiger charge is 2.30. The minimum absolute atomic E-state index is 0.336. The van der Waals surface area contributed by atoms with Crippen molar-refractivity contribution < 1.29 is 14.3 Å². The largest absolute Gasteiger partial charge is 0.480 e. The highest BCUT2D eigenvalue weighted by molar-refractivity contribution is 5.73. The van der Waals surface area contributed by atoms with Gasteiger partial charge in [-0.1, -0.05) is 0 Å². The average Bonchev–Trinajstić information content (AvgIpc) is 2.83. The van der Waals surface area contributed by atoms with Crippen LogP contribution in [0.25, 0.3) is 11.4 Å². The van der Waals surface area contributed by atoms with Crippen molar-refractivity contribution in [2.24, 2.45) is 0 Å². The number of aliphatic carboxylic acids is 1. The van der Waals surface area contributed by atoms with Gasteiger partial charge in [-0.15, -0.1) is 10.2 Å². The standard InChI is InChI=1S/C13H12FN3O2/c14-9-6-4-8(5-7-9)12-16-15-11-3-1-2-10(13(18)19)17(11)12/h4-7,10H,1-3H2,(H,18,19). The molecule has 1 unspecified atom stereocenters. The van der Waals surface area contributed by atoms with E-state index in [1.54, 1.807) is 16.7 Å². The Balaban J connectivity index is 2.11. The fourth-order valence-electron chi connectivity index (χ4n) is 2.43. The average molecular weight is 261 g/mol. The number of aromatic nitrogens is 3. The first kappa shape index (κ1) is 11.8. The quantitative estimate of drug-likeness (QED) is 0.898. The topological polar surface area (TPSA) is 68.0 Å². The van der Waals surface area contributed by atoms with Crippen molar-refractivity contribution in [2.75, 3.05) is 0 Å². The number of fused-ring (bicyclic) bond motifs is 1. The molecule has 1 aromatic carbocycles. The summed E-state index contributed by atoms with van der Waals surface area (Å²) in [6.07, 6.45) is 2.07. The Labute approximate surface area is 108 Å². The Kier molecular flexibility index (Phi) is 2.77. The van der Waals surface area contributed by atoms with Gasteiger partial charge in [0, 0.05) is 12.0 Å². The minimum Gasteiger partial charge on any atom is -0.480 e. The lowest BCUT2D eigenvalue weighted by molar-refractivity contribution is -0.141. The molecule has 0 radical (unpaired) electrons. The van der Waals surface area contributed by atoms with E-state index in [9.17, 15) is 14.3 Å². The molecule has 0 spiro atoms. The Morgan fingerprint density at radius 2 is 2.05 bits per heavy atom. The summed E-state index contributed by atoms with van der Waals surface area (Å²) >= 11 is 0. The van der Waals surface area contributed by atoms with Crippen molar-refractivity contribution in [1.29, 1.82) is 0 Å². The van der Waals surface area contributed by atoms with E-state index < -0.39 is 12.0 Å². The SMILES string of the molecule is O=C(O)C1CCCc2nnc(-c3ccc(F)cc3)n21. The Morgan fingerprint density at radius 3 is 2.74 bits per heavy atom. The lowest BCUT2D eigenvalue weighted by Crippen LogP contribution is -2.25. The number of rotatable bonds is 2. The summed E-state index contributed by atoms with van der Waals surface area (Å²) < 4.78 is 14.6. The van der Waals surface area contributed by atoms with Gasteiger partial charge in [0.1, 0.15) is 17.7 Å². The number of carbonyl (C=O) groups is 1. The van der Waals surface area contributed by atoms with E-state index in [4.69, 9.17) is 0 Å². The van der Waals surface area contributed by atoms with E-state index in [0.717, 1.165) is 12.8 Å². The monoisotopic (exact) mass is 261 g/mol. The molecule has 0 amide bonds. The highest BCUT2D eigenvalue weighted by atomic mass is 19.1. The minimum atomic E-state index is -0.885. The van der Waals surface area contributed by atoms with Crippen LogP contribution in [0.15, 0.2) is 24.3 Å². The molecule has 1 aromatic heterocycles. The van der Waals surface area contributed by atoms with Gasteiger partial charge in [0.15, 0.2) is 5.82 Å². The predicted octanol–water partition coefficient (Wildman–Crippen LogP) is 2.05. The van der Waals surface area contributed by atoms with Crippen molar-refractivity contribution >= 4 is 5.97 Å². The molecule has 19 heavy (non-hydrogen) atoms. The molecule has 0 fully saturated rings. The van der Waals surface area contributed by atoms with Crippen LogP contribution in [-0.2, 0) is 11.2 Å². The summed E-state index contributed by atoms with van der Waals surface area (Å²) in [6, 6.07) is 5.18. The maximum absolute atomic E-state index is 12.9. The van der Waals surface area contributed by atoms with Gasteiger partial charge >= 0.3 is 5.97 Å². The van der Waals surface area contributed by atoms with Crippen LogP contribution in [0.4, 0.5) is 4.39 Å². The van der Waals surface area contributed by atoms with Gasteiger partial charge < -0.3 is 5.11 Å². The number of halogens is 1. The van der Waals surface area contributed by atoms with Gasteiger partial charge in [-0.05, 0) is 37.1 Å². The second-order valence-corrected chi connectivity index (χ2v) is 4.56. The summed E-state index contributed by atoms with van der Waals surface area (Å²) in [4.78, 5) is 11.3. The molecule has 1 atom stereocenters. The van der Waals surface area contributed by atoms with Gasteiger partial charge in [-0.3, -0.25) is 4.57 Å². The van der Waals surface area contributed by atoms with E-state index in [2.05, 4.69) is 10.2 Å². The van der Waals surface area contributed by atoms with Crippen molar-refractivity contribution in [3.8, 4) is 11.4 Å². The lowest BCUT2D eigenvalue weighted by Gasteiger charge is -2.22. The zero-order valence-corrected chi connectivity index (χ0v) is 10.1. The second-order valence-electron chi connectivity index (χ2n) is 4.56. The first-order valence-corrected chi connectivity index (χ1v) is 6.09. The summed E-state index contributed by atoms with van der Waals surface area (Å²) in [5.41, 5.74) is 0.674. The first-order chi connectivity index (χ1) is 9.16. The van der Waals surface area contributed by atoms with Crippen molar-refractivity contribution in [3.63, 3.8) is 0 Å². The molecule has 1 aliphatic rings. The Bertz CT molecular complexity index is 621. The molecule has 98 valence electrons. The van der Waals surface area contributed by atoms with Crippen LogP contribution in [0.1, 0.15) is 24.7 Å². The number of hydrogen-bond donors (Lipinski definition) is 1. The molecular weight excluding hydrogens is 249 g/mol. The second kappa shape index (κ2) is 4.46. The van der Waals surface area contributed by atoms with Crippen LogP contribution in [0.3, 0.4) is 0 Å². The van der Waals surface area contributed by atoms with Gasteiger partial charge in [0.05, 0.1) is 0 Å². The van der Waals surface area contributed by atoms with E-state index in [1.165, 1.54) is 12.1 Å². The van der Waals surface area contributed by atoms with Gasteiger partial charge in [-0.25, -0.2) is 9.18 Å². The number of nitrogens with zero attached hydrogens (tertiary/aromatic N) is 3. The van der Waals surface area contributed by atoms with Crippen molar-refractivity contribution in [2.45, 2.75) is 25.3 Å². The van der Waals surface area contributed by atoms with Crippen LogP contribution in [0.2, 0.25) is 0 Å². The first-order valence-electron chi connectivity index (χ1n) is 6.09.